The van der Waals surface area contributed by atoms with Gasteiger partial charge in [0, 0.05) is 35.0 Å². The highest BCUT2D eigenvalue weighted by Crippen LogP contribution is 2.35. The molecule has 0 radical (unpaired) electrons. The van der Waals surface area contributed by atoms with Crippen molar-refractivity contribution in [1.29, 1.82) is 0 Å². The summed E-state index contributed by atoms with van der Waals surface area (Å²) in [5.41, 5.74) is 9.70. The largest absolute Gasteiger partial charge is 0.404 e. The average molecular weight is 394 g/mol. The Morgan fingerprint density at radius 2 is 2.00 bits per heavy atom. The van der Waals surface area contributed by atoms with Crippen LogP contribution in [-0.2, 0) is 4.74 Å². The van der Waals surface area contributed by atoms with Crippen molar-refractivity contribution in [2.75, 3.05) is 0 Å². The monoisotopic (exact) mass is 393 g/mol. The molecule has 6 nitrogen and oxygen atoms in total. The van der Waals surface area contributed by atoms with Crippen LogP contribution in [-0.4, -0.2) is 39.4 Å². The summed E-state index contributed by atoms with van der Waals surface area (Å²) in [4.78, 5) is 19.2. The fraction of sp³-hybridized carbons (Fsp3) is 0.565. The number of rotatable bonds is 5. The van der Waals surface area contributed by atoms with Crippen LogP contribution in [0.1, 0.15) is 75.5 Å². The first kappa shape index (κ1) is 20.0. The SMILES string of the molecule is Cc1ccc2c(C(C)C)nc([C@@H]3C[C@@H](C)O[C@@H](/C(C=NC4CC4)=C/N)C3)nc2n1. The molecule has 2 N–H and O–H groups in total. The van der Waals surface area contributed by atoms with Gasteiger partial charge in [-0.25, -0.2) is 15.0 Å². The quantitative estimate of drug-likeness (QED) is 0.770. The van der Waals surface area contributed by atoms with E-state index in [-0.39, 0.29) is 18.1 Å². The van der Waals surface area contributed by atoms with Crippen molar-refractivity contribution in [3.8, 4) is 0 Å². The molecule has 1 aliphatic heterocycles. The molecule has 0 unspecified atom stereocenters. The molecule has 29 heavy (non-hydrogen) atoms. The normalized spacial score (nSPS) is 26.0. The Morgan fingerprint density at radius 1 is 1.21 bits per heavy atom. The standard InChI is InChI=1S/C23H31N5O/c1-13(2)21-19-8-5-14(3)26-23(19)28-22(27-21)16-9-15(4)29-20(10-16)17(11-24)12-25-18-6-7-18/h5,8,11-13,15-16,18,20H,6-7,9-10,24H2,1-4H3/b17-11+,25-12?/t15-,16-,20-/m1/s1. The molecule has 6 heteroatoms. The Morgan fingerprint density at radius 3 is 2.69 bits per heavy atom. The number of ether oxygens (including phenoxy) is 1. The highest BCUT2D eigenvalue weighted by molar-refractivity contribution is 5.80. The maximum atomic E-state index is 6.22. The van der Waals surface area contributed by atoms with Crippen LogP contribution in [0.15, 0.2) is 28.9 Å². The third-order valence-corrected chi connectivity index (χ3v) is 5.71. The van der Waals surface area contributed by atoms with Gasteiger partial charge >= 0.3 is 0 Å². The Kier molecular flexibility index (Phi) is 5.63. The second kappa shape index (κ2) is 8.19. The van der Waals surface area contributed by atoms with Crippen LogP contribution < -0.4 is 5.73 Å². The minimum absolute atomic E-state index is 0.0801. The van der Waals surface area contributed by atoms with Crippen LogP contribution in [0.4, 0.5) is 0 Å². The number of nitrogens with two attached hydrogens (primary N) is 1. The predicted octanol–water partition coefficient (Wildman–Crippen LogP) is 4.18. The van der Waals surface area contributed by atoms with Gasteiger partial charge in [0.1, 0.15) is 5.82 Å². The molecule has 3 heterocycles. The van der Waals surface area contributed by atoms with E-state index >= 15 is 0 Å². The van der Waals surface area contributed by atoms with Crippen LogP contribution in [0.25, 0.3) is 11.0 Å². The van der Waals surface area contributed by atoms with Crippen LogP contribution in [0, 0.1) is 6.92 Å². The van der Waals surface area contributed by atoms with Crippen molar-refractivity contribution in [3.63, 3.8) is 0 Å². The molecule has 1 saturated heterocycles. The molecule has 0 amide bonds. The maximum absolute atomic E-state index is 6.22. The van der Waals surface area contributed by atoms with Crippen molar-refractivity contribution in [2.24, 2.45) is 10.7 Å². The topological polar surface area (TPSA) is 86.3 Å². The molecule has 2 aliphatic rings. The summed E-state index contributed by atoms with van der Waals surface area (Å²) < 4.78 is 6.22. The molecule has 0 spiro atoms. The molecule has 4 rings (SSSR count). The molecular formula is C23H31N5O. The minimum Gasteiger partial charge on any atom is -0.404 e. The predicted molar refractivity (Wildman–Crippen MR) is 116 cm³/mol. The number of pyridine rings is 1. The lowest BCUT2D eigenvalue weighted by atomic mass is 9.88. The second-order valence-corrected chi connectivity index (χ2v) is 8.73. The molecule has 2 aromatic rings. The first-order valence-electron chi connectivity index (χ1n) is 10.7. The minimum atomic E-state index is -0.0801. The van der Waals surface area contributed by atoms with Gasteiger partial charge in [0.15, 0.2) is 5.65 Å². The van der Waals surface area contributed by atoms with Gasteiger partial charge < -0.3 is 10.5 Å². The Balaban J connectivity index is 1.66. The van der Waals surface area contributed by atoms with E-state index in [4.69, 9.17) is 20.4 Å². The van der Waals surface area contributed by atoms with Gasteiger partial charge in [0.25, 0.3) is 0 Å². The van der Waals surface area contributed by atoms with Crippen LogP contribution in [0.5, 0.6) is 0 Å². The van der Waals surface area contributed by atoms with E-state index in [2.05, 4.69) is 36.8 Å². The summed E-state index contributed by atoms with van der Waals surface area (Å²) in [6.45, 7) is 8.45. The molecular weight excluding hydrogens is 362 g/mol. The van der Waals surface area contributed by atoms with Crippen LogP contribution in [0.2, 0.25) is 0 Å². The number of nitrogens with zero attached hydrogens (tertiary/aromatic N) is 4. The van der Waals surface area contributed by atoms with Gasteiger partial charge in [-0.3, -0.25) is 4.99 Å². The van der Waals surface area contributed by atoms with Crippen molar-refractivity contribution in [1.82, 2.24) is 15.0 Å². The first-order valence-corrected chi connectivity index (χ1v) is 10.7. The second-order valence-electron chi connectivity index (χ2n) is 8.73. The lowest BCUT2D eigenvalue weighted by molar-refractivity contribution is -0.0272. The molecule has 2 aromatic heterocycles. The van der Waals surface area contributed by atoms with Crippen LogP contribution in [0.3, 0.4) is 0 Å². The van der Waals surface area contributed by atoms with Crippen molar-refractivity contribution in [2.45, 2.75) is 83.5 Å². The van der Waals surface area contributed by atoms with E-state index in [1.165, 1.54) is 12.8 Å². The highest BCUT2D eigenvalue weighted by atomic mass is 16.5. The number of aryl methyl sites for hydroxylation is 1. The third-order valence-electron chi connectivity index (χ3n) is 5.71. The van der Waals surface area contributed by atoms with Gasteiger partial charge in [-0.15, -0.1) is 0 Å². The lowest BCUT2D eigenvalue weighted by Gasteiger charge is -2.34. The molecule has 154 valence electrons. The van der Waals surface area contributed by atoms with Crippen LogP contribution >= 0.6 is 0 Å². The molecule has 2 fully saturated rings. The zero-order valence-electron chi connectivity index (χ0n) is 17.8. The molecule has 1 saturated carbocycles. The summed E-state index contributed by atoms with van der Waals surface area (Å²) in [6, 6.07) is 4.59. The maximum Gasteiger partial charge on any atom is 0.163 e. The summed E-state index contributed by atoms with van der Waals surface area (Å²) in [5, 5.41) is 1.05. The first-order chi connectivity index (χ1) is 13.9. The van der Waals surface area contributed by atoms with E-state index in [1.54, 1.807) is 6.20 Å². The zero-order chi connectivity index (χ0) is 20.5. The van der Waals surface area contributed by atoms with E-state index in [1.807, 2.05) is 19.2 Å². The fourth-order valence-electron chi connectivity index (χ4n) is 3.99. The number of aromatic nitrogens is 3. The smallest absolute Gasteiger partial charge is 0.163 e. The van der Waals surface area contributed by atoms with E-state index < -0.39 is 0 Å². The summed E-state index contributed by atoms with van der Waals surface area (Å²) in [5.74, 6) is 1.38. The zero-order valence-corrected chi connectivity index (χ0v) is 17.8. The Labute approximate surface area is 172 Å². The average Bonchev–Trinajstić information content (AvgIpc) is 3.51. The summed E-state index contributed by atoms with van der Waals surface area (Å²) >= 11 is 0. The Hall–Kier alpha value is -2.34. The van der Waals surface area contributed by atoms with E-state index in [0.29, 0.717) is 12.0 Å². The summed E-state index contributed by atoms with van der Waals surface area (Å²) in [7, 11) is 0. The van der Waals surface area contributed by atoms with Gasteiger partial charge in [0.2, 0.25) is 0 Å². The molecule has 3 atom stereocenters. The van der Waals surface area contributed by atoms with Gasteiger partial charge in [-0.1, -0.05) is 13.8 Å². The van der Waals surface area contributed by atoms with Gasteiger partial charge in [0.05, 0.1) is 23.9 Å². The Bertz CT molecular complexity index is 948. The van der Waals surface area contributed by atoms with Gasteiger partial charge in [-0.2, -0.15) is 0 Å². The van der Waals surface area contributed by atoms with Crippen molar-refractivity contribution >= 4 is 17.2 Å². The lowest BCUT2D eigenvalue weighted by Crippen LogP contribution is -2.33. The number of fused-ring (bicyclic) bond motifs is 1. The van der Waals surface area contributed by atoms with E-state index in [9.17, 15) is 0 Å². The fourth-order valence-corrected chi connectivity index (χ4v) is 3.99. The number of hydrogen-bond acceptors (Lipinski definition) is 6. The highest BCUT2D eigenvalue weighted by Gasteiger charge is 2.32. The number of aliphatic imine (C=N–C) groups is 1. The summed E-state index contributed by atoms with van der Waals surface area (Å²) in [6.07, 6.45) is 7.61. The molecule has 0 aromatic carbocycles. The number of hydrogen-bond donors (Lipinski definition) is 1. The van der Waals surface area contributed by atoms with Gasteiger partial charge in [-0.05, 0) is 57.6 Å². The van der Waals surface area contributed by atoms with Crippen molar-refractivity contribution in [3.05, 3.63) is 41.1 Å². The third kappa shape index (κ3) is 4.47. The molecule has 0 bridgehead atoms. The van der Waals surface area contributed by atoms with E-state index in [0.717, 1.165) is 46.7 Å². The molecule has 1 aliphatic carbocycles. The van der Waals surface area contributed by atoms with Crippen molar-refractivity contribution < 1.29 is 4.74 Å².